The number of anilines is 2. The maximum atomic E-state index is 12.9. The average Bonchev–Trinajstić information content (AvgIpc) is 3.56. The van der Waals surface area contributed by atoms with Crippen molar-refractivity contribution in [2.75, 3.05) is 37.3 Å². The number of likely N-dealkylation sites (tertiary alicyclic amines) is 1. The van der Waals surface area contributed by atoms with Crippen molar-refractivity contribution in [3.05, 3.63) is 65.3 Å². The van der Waals surface area contributed by atoms with E-state index in [1.165, 1.54) is 11.0 Å². The molecule has 0 saturated carbocycles. The first-order valence-corrected chi connectivity index (χ1v) is 14.1. The summed E-state index contributed by atoms with van der Waals surface area (Å²) in [4.78, 5) is 39.2. The van der Waals surface area contributed by atoms with Gasteiger partial charge in [0.25, 0.3) is 5.91 Å². The van der Waals surface area contributed by atoms with Crippen LogP contribution in [0.3, 0.4) is 0 Å². The van der Waals surface area contributed by atoms with Gasteiger partial charge in [0.1, 0.15) is 16.9 Å². The number of hydrogen-bond donors (Lipinski definition) is 3. The van der Waals surface area contributed by atoms with Crippen LogP contribution >= 0.6 is 11.3 Å². The van der Waals surface area contributed by atoms with Crippen LogP contribution in [0.5, 0.6) is 11.5 Å². The van der Waals surface area contributed by atoms with Crippen LogP contribution in [0.15, 0.2) is 49.2 Å². The number of nitrogens with one attached hydrogen (secondary N) is 3. The summed E-state index contributed by atoms with van der Waals surface area (Å²) in [6, 6.07) is 8.80. The molecule has 2 aliphatic rings. The fourth-order valence-electron chi connectivity index (χ4n) is 5.08. The Hall–Kier alpha value is -4.29. The first kappa shape index (κ1) is 26.0. The molecule has 6 rings (SSSR count). The molecule has 1 fully saturated rings. The molecule has 1 aromatic carbocycles. The highest BCUT2D eigenvalue weighted by molar-refractivity contribution is 7.15. The van der Waals surface area contributed by atoms with Gasteiger partial charge in [0, 0.05) is 54.9 Å². The van der Waals surface area contributed by atoms with Gasteiger partial charge in [-0.15, -0.1) is 11.3 Å². The van der Waals surface area contributed by atoms with Crippen molar-refractivity contribution in [2.24, 2.45) is 0 Å². The number of rotatable bonds is 7. The molecule has 5 heterocycles. The van der Waals surface area contributed by atoms with E-state index in [1.807, 2.05) is 0 Å². The van der Waals surface area contributed by atoms with Crippen molar-refractivity contribution in [1.29, 1.82) is 0 Å². The Kier molecular flexibility index (Phi) is 7.18. The molecule has 12 heteroatoms. The minimum absolute atomic E-state index is 0.0410. The van der Waals surface area contributed by atoms with E-state index in [0.29, 0.717) is 40.2 Å². The van der Waals surface area contributed by atoms with Gasteiger partial charge in [-0.1, -0.05) is 6.58 Å². The van der Waals surface area contributed by atoms with Gasteiger partial charge in [0.2, 0.25) is 5.91 Å². The molecule has 0 aliphatic carbocycles. The summed E-state index contributed by atoms with van der Waals surface area (Å²) in [7, 11) is 2.07. The molecule has 2 aliphatic heterocycles. The van der Waals surface area contributed by atoms with Gasteiger partial charge >= 0.3 is 0 Å². The van der Waals surface area contributed by atoms with Gasteiger partial charge in [-0.05, 0) is 56.7 Å². The number of benzene rings is 1. The van der Waals surface area contributed by atoms with Crippen molar-refractivity contribution >= 4 is 45.1 Å². The number of carbonyl (C=O) groups excluding carboxylic acids is 2. The van der Waals surface area contributed by atoms with E-state index in [2.05, 4.69) is 49.3 Å². The topological polar surface area (TPSA) is 128 Å². The third-order valence-corrected chi connectivity index (χ3v) is 8.23. The number of thiazole rings is 1. The van der Waals surface area contributed by atoms with E-state index in [-0.39, 0.29) is 17.9 Å². The minimum atomic E-state index is -0.213. The standard InChI is InChI=1S/C28H30N8O3S/c1-3-23(37)36-13-4-5-18(15-36)30-26-24-21(10-12-29-25(24)33-34-26)39-19-8-6-17(7-9-19)27(38)32-28-31-20-16-35(2)14-11-22(20)40-28/h3,6-10,12,18H,1,4-5,11,13-16H2,2H3,(H,31,32,38)(H2,29,30,33,34)/t18-/m1/s1. The van der Waals surface area contributed by atoms with Crippen molar-refractivity contribution in [1.82, 2.24) is 30.0 Å². The van der Waals surface area contributed by atoms with Crippen LogP contribution in [0.2, 0.25) is 0 Å². The summed E-state index contributed by atoms with van der Waals surface area (Å²) in [5.74, 6) is 1.48. The number of ether oxygens (including phenoxy) is 1. The molecule has 0 bridgehead atoms. The predicted molar refractivity (Wildman–Crippen MR) is 154 cm³/mol. The van der Waals surface area contributed by atoms with Crippen LogP contribution in [-0.4, -0.2) is 74.5 Å². The summed E-state index contributed by atoms with van der Waals surface area (Å²) in [5, 5.41) is 15.1. The number of amides is 2. The lowest BCUT2D eigenvalue weighted by Crippen LogP contribution is -2.44. The molecule has 0 radical (unpaired) electrons. The first-order chi connectivity index (χ1) is 19.5. The molecule has 2 amide bonds. The molecule has 3 N–H and O–H groups in total. The molecule has 1 saturated heterocycles. The number of piperidine rings is 1. The fourth-order valence-corrected chi connectivity index (χ4v) is 6.04. The lowest BCUT2D eigenvalue weighted by molar-refractivity contribution is -0.127. The highest BCUT2D eigenvalue weighted by atomic mass is 32.1. The molecule has 11 nitrogen and oxygen atoms in total. The Balaban J connectivity index is 1.14. The lowest BCUT2D eigenvalue weighted by Gasteiger charge is -2.32. The number of hydrogen-bond acceptors (Lipinski definition) is 9. The minimum Gasteiger partial charge on any atom is -0.456 e. The van der Waals surface area contributed by atoms with Crippen molar-refractivity contribution in [3.63, 3.8) is 0 Å². The van der Waals surface area contributed by atoms with Gasteiger partial charge < -0.3 is 19.9 Å². The smallest absolute Gasteiger partial charge is 0.257 e. The van der Waals surface area contributed by atoms with E-state index in [1.54, 1.807) is 52.8 Å². The molecule has 0 unspecified atom stereocenters. The number of aromatic nitrogens is 4. The van der Waals surface area contributed by atoms with E-state index in [9.17, 15) is 9.59 Å². The van der Waals surface area contributed by atoms with Crippen LogP contribution in [0.25, 0.3) is 11.0 Å². The molecule has 206 valence electrons. The lowest BCUT2D eigenvalue weighted by atomic mass is 10.1. The van der Waals surface area contributed by atoms with E-state index < -0.39 is 0 Å². The van der Waals surface area contributed by atoms with Crippen molar-refractivity contribution in [2.45, 2.75) is 31.8 Å². The largest absolute Gasteiger partial charge is 0.456 e. The summed E-state index contributed by atoms with van der Waals surface area (Å²) in [6.07, 6.45) is 5.76. The first-order valence-electron chi connectivity index (χ1n) is 13.2. The third kappa shape index (κ3) is 5.40. The SMILES string of the molecule is C=CC(=O)N1CCC[C@@H](Nc2n[nH]c3nccc(Oc4ccc(C(=O)Nc5nc6c(s5)CCN(C)C6)cc4)c23)C1. The van der Waals surface area contributed by atoms with Crippen LogP contribution in [0.1, 0.15) is 33.8 Å². The zero-order valence-corrected chi connectivity index (χ0v) is 23.0. The number of aromatic amines is 1. The predicted octanol–water partition coefficient (Wildman–Crippen LogP) is 4.04. The van der Waals surface area contributed by atoms with Crippen molar-refractivity contribution < 1.29 is 14.3 Å². The Labute approximate surface area is 235 Å². The Morgan fingerprint density at radius 1 is 1.23 bits per heavy atom. The Morgan fingerprint density at radius 3 is 2.90 bits per heavy atom. The number of likely N-dealkylation sites (N-methyl/N-ethyl adjacent to an activating group) is 1. The van der Waals surface area contributed by atoms with Crippen LogP contribution in [0, 0.1) is 0 Å². The van der Waals surface area contributed by atoms with Gasteiger partial charge in [0.05, 0.1) is 5.69 Å². The van der Waals surface area contributed by atoms with E-state index >= 15 is 0 Å². The highest BCUT2D eigenvalue weighted by Gasteiger charge is 2.24. The maximum Gasteiger partial charge on any atom is 0.257 e. The molecular weight excluding hydrogens is 528 g/mol. The number of nitrogens with zero attached hydrogens (tertiary/aromatic N) is 5. The maximum absolute atomic E-state index is 12.9. The average molecular weight is 559 g/mol. The Bertz CT molecular complexity index is 1560. The van der Waals surface area contributed by atoms with Gasteiger partial charge in [0.15, 0.2) is 16.6 Å². The molecular formula is C28H30N8O3S. The zero-order chi connectivity index (χ0) is 27.6. The second-order valence-corrected chi connectivity index (χ2v) is 11.1. The van der Waals surface area contributed by atoms with Crippen LogP contribution < -0.4 is 15.4 Å². The zero-order valence-electron chi connectivity index (χ0n) is 22.1. The monoisotopic (exact) mass is 558 g/mol. The van der Waals surface area contributed by atoms with Crippen molar-refractivity contribution in [3.8, 4) is 11.5 Å². The number of carbonyl (C=O) groups is 2. The molecule has 3 aromatic heterocycles. The summed E-state index contributed by atoms with van der Waals surface area (Å²) in [6.45, 7) is 6.69. The quantitative estimate of drug-likeness (QED) is 0.290. The van der Waals surface area contributed by atoms with E-state index in [4.69, 9.17) is 4.74 Å². The third-order valence-electron chi connectivity index (χ3n) is 7.15. The Morgan fingerprint density at radius 2 is 2.08 bits per heavy atom. The van der Waals surface area contributed by atoms with Gasteiger partial charge in [-0.2, -0.15) is 5.10 Å². The molecule has 40 heavy (non-hydrogen) atoms. The van der Waals surface area contributed by atoms with Crippen LogP contribution in [-0.2, 0) is 17.8 Å². The normalized spacial score (nSPS) is 17.3. The summed E-state index contributed by atoms with van der Waals surface area (Å²) < 4.78 is 6.21. The van der Waals surface area contributed by atoms with E-state index in [0.717, 1.165) is 50.0 Å². The number of fused-ring (bicyclic) bond motifs is 2. The summed E-state index contributed by atoms with van der Waals surface area (Å²) >= 11 is 1.54. The van der Waals surface area contributed by atoms with Gasteiger partial charge in [-0.25, -0.2) is 9.97 Å². The summed E-state index contributed by atoms with van der Waals surface area (Å²) in [5.41, 5.74) is 2.14. The second kappa shape index (κ2) is 11.1. The number of H-pyrrole nitrogens is 1. The highest BCUT2D eigenvalue weighted by Crippen LogP contribution is 2.34. The number of pyridine rings is 1. The molecule has 0 spiro atoms. The molecule has 1 atom stereocenters. The fraction of sp³-hybridized carbons (Fsp3) is 0.321. The van der Waals surface area contributed by atoms with Crippen LogP contribution in [0.4, 0.5) is 10.9 Å². The second-order valence-electron chi connectivity index (χ2n) is 10.0. The van der Waals surface area contributed by atoms with Gasteiger partial charge in [-0.3, -0.25) is 20.0 Å². The molecule has 4 aromatic rings.